The average Bonchev–Trinajstić information content (AvgIpc) is 2.38. The molecule has 1 aromatic rings. The SMILES string of the molecule is COc1c(C)ccc(NC(=O)CC2(CN)CCC2)c1C. The topological polar surface area (TPSA) is 64.3 Å². The van der Waals surface area contributed by atoms with Crippen molar-refractivity contribution < 1.29 is 9.53 Å². The Bertz CT molecular complexity index is 502. The maximum Gasteiger partial charge on any atom is 0.224 e. The normalized spacial score (nSPS) is 16.4. The lowest BCUT2D eigenvalue weighted by Gasteiger charge is -2.40. The van der Waals surface area contributed by atoms with Crippen LogP contribution in [0.3, 0.4) is 0 Å². The lowest BCUT2D eigenvalue weighted by atomic mass is 9.66. The van der Waals surface area contributed by atoms with E-state index < -0.39 is 0 Å². The fourth-order valence-electron chi connectivity index (χ4n) is 2.94. The second kappa shape index (κ2) is 5.83. The lowest BCUT2D eigenvalue weighted by molar-refractivity contribution is -0.119. The molecule has 20 heavy (non-hydrogen) atoms. The summed E-state index contributed by atoms with van der Waals surface area (Å²) in [5.74, 6) is 0.879. The summed E-state index contributed by atoms with van der Waals surface area (Å²) in [7, 11) is 1.65. The molecule has 1 fully saturated rings. The van der Waals surface area contributed by atoms with Gasteiger partial charge in [0, 0.05) is 17.7 Å². The third-order valence-corrected chi connectivity index (χ3v) is 4.46. The van der Waals surface area contributed by atoms with Crippen LogP contribution in [-0.4, -0.2) is 19.6 Å². The molecule has 1 aromatic carbocycles. The molecule has 0 bridgehead atoms. The van der Waals surface area contributed by atoms with Crippen LogP contribution in [0.2, 0.25) is 0 Å². The number of rotatable bonds is 5. The van der Waals surface area contributed by atoms with E-state index in [0.29, 0.717) is 13.0 Å². The summed E-state index contributed by atoms with van der Waals surface area (Å²) < 4.78 is 5.38. The summed E-state index contributed by atoms with van der Waals surface area (Å²) in [6.45, 7) is 4.55. The third kappa shape index (κ3) is 2.80. The zero-order valence-corrected chi connectivity index (χ0v) is 12.6. The van der Waals surface area contributed by atoms with Crippen molar-refractivity contribution in [3.63, 3.8) is 0 Å². The van der Waals surface area contributed by atoms with Gasteiger partial charge in [-0.25, -0.2) is 0 Å². The Kier molecular flexibility index (Phi) is 4.33. The summed E-state index contributed by atoms with van der Waals surface area (Å²) in [6.07, 6.45) is 3.82. The molecular weight excluding hydrogens is 252 g/mol. The standard InChI is InChI=1S/C16H24N2O2/c1-11-5-6-13(12(2)15(11)20-3)18-14(19)9-16(10-17)7-4-8-16/h5-6H,4,7-10,17H2,1-3H3,(H,18,19). The Morgan fingerprint density at radius 3 is 2.60 bits per heavy atom. The molecule has 4 heteroatoms. The van der Waals surface area contributed by atoms with E-state index in [2.05, 4.69) is 5.32 Å². The molecule has 0 aromatic heterocycles. The Labute approximate surface area is 120 Å². The quantitative estimate of drug-likeness (QED) is 0.869. The molecule has 4 nitrogen and oxygen atoms in total. The van der Waals surface area contributed by atoms with E-state index in [1.165, 1.54) is 6.42 Å². The van der Waals surface area contributed by atoms with Crippen LogP contribution in [0.5, 0.6) is 5.75 Å². The van der Waals surface area contributed by atoms with Crippen molar-refractivity contribution in [2.24, 2.45) is 11.1 Å². The van der Waals surface area contributed by atoms with Gasteiger partial charge in [-0.3, -0.25) is 4.79 Å². The molecule has 0 saturated heterocycles. The van der Waals surface area contributed by atoms with E-state index in [-0.39, 0.29) is 11.3 Å². The molecule has 0 radical (unpaired) electrons. The summed E-state index contributed by atoms with van der Waals surface area (Å²) in [5, 5.41) is 3.00. The van der Waals surface area contributed by atoms with Crippen LogP contribution in [-0.2, 0) is 4.79 Å². The van der Waals surface area contributed by atoms with Crippen molar-refractivity contribution in [2.45, 2.75) is 39.5 Å². The summed E-state index contributed by atoms with van der Waals surface area (Å²) in [4.78, 5) is 12.2. The largest absolute Gasteiger partial charge is 0.496 e. The number of methoxy groups -OCH3 is 1. The monoisotopic (exact) mass is 276 g/mol. The molecule has 110 valence electrons. The Morgan fingerprint density at radius 1 is 1.40 bits per heavy atom. The predicted molar refractivity (Wildman–Crippen MR) is 81.1 cm³/mol. The highest BCUT2D eigenvalue weighted by Gasteiger charge is 2.37. The first-order chi connectivity index (χ1) is 9.51. The van der Waals surface area contributed by atoms with Crippen LogP contribution in [0.25, 0.3) is 0 Å². The molecule has 0 spiro atoms. The number of nitrogens with two attached hydrogens (primary N) is 1. The van der Waals surface area contributed by atoms with Crippen molar-refractivity contribution in [2.75, 3.05) is 19.0 Å². The van der Waals surface area contributed by atoms with Crippen LogP contribution in [0.1, 0.15) is 36.8 Å². The van der Waals surface area contributed by atoms with Crippen LogP contribution in [0, 0.1) is 19.3 Å². The molecule has 0 heterocycles. The maximum atomic E-state index is 12.2. The molecule has 2 rings (SSSR count). The average molecular weight is 276 g/mol. The minimum Gasteiger partial charge on any atom is -0.496 e. The molecule has 0 atom stereocenters. The van der Waals surface area contributed by atoms with Gasteiger partial charge in [-0.1, -0.05) is 12.5 Å². The molecule has 3 N–H and O–H groups in total. The highest BCUT2D eigenvalue weighted by molar-refractivity contribution is 5.92. The second-order valence-corrected chi connectivity index (χ2v) is 5.87. The Balaban J connectivity index is 2.08. The van der Waals surface area contributed by atoms with Crippen molar-refractivity contribution in [1.29, 1.82) is 0 Å². The molecule has 1 amide bonds. The second-order valence-electron chi connectivity index (χ2n) is 5.87. The third-order valence-electron chi connectivity index (χ3n) is 4.46. The van der Waals surface area contributed by atoms with Gasteiger partial charge in [0.05, 0.1) is 7.11 Å². The molecule has 0 unspecified atom stereocenters. The molecular formula is C16H24N2O2. The van der Waals surface area contributed by atoms with Gasteiger partial charge in [-0.2, -0.15) is 0 Å². The van der Waals surface area contributed by atoms with Crippen LogP contribution in [0.15, 0.2) is 12.1 Å². The number of hydrogen-bond donors (Lipinski definition) is 2. The maximum absolute atomic E-state index is 12.2. The van der Waals surface area contributed by atoms with Crippen LogP contribution < -0.4 is 15.8 Å². The Morgan fingerprint density at radius 2 is 2.10 bits per heavy atom. The van der Waals surface area contributed by atoms with Crippen molar-refractivity contribution >= 4 is 11.6 Å². The predicted octanol–water partition coefficient (Wildman–Crippen LogP) is 2.77. The van der Waals surface area contributed by atoms with E-state index in [0.717, 1.165) is 35.4 Å². The first-order valence-electron chi connectivity index (χ1n) is 7.15. The fraction of sp³-hybridized carbons (Fsp3) is 0.562. The summed E-state index contributed by atoms with van der Waals surface area (Å²) >= 11 is 0. The van der Waals surface area contributed by atoms with E-state index in [1.807, 2.05) is 26.0 Å². The van der Waals surface area contributed by atoms with E-state index >= 15 is 0 Å². The van der Waals surface area contributed by atoms with E-state index in [9.17, 15) is 4.79 Å². The zero-order valence-electron chi connectivity index (χ0n) is 12.6. The molecule has 0 aliphatic heterocycles. The number of carbonyl (C=O) groups excluding carboxylic acids is 1. The lowest BCUT2D eigenvalue weighted by Crippen LogP contribution is -2.40. The zero-order chi connectivity index (χ0) is 14.8. The number of amides is 1. The van der Waals surface area contributed by atoms with Crippen molar-refractivity contribution in [1.82, 2.24) is 0 Å². The molecule has 1 saturated carbocycles. The highest BCUT2D eigenvalue weighted by Crippen LogP contribution is 2.43. The first kappa shape index (κ1) is 14.9. The summed E-state index contributed by atoms with van der Waals surface area (Å²) in [6, 6.07) is 3.89. The number of nitrogens with one attached hydrogen (secondary N) is 1. The highest BCUT2D eigenvalue weighted by atomic mass is 16.5. The van der Waals surface area contributed by atoms with Crippen LogP contribution >= 0.6 is 0 Å². The van der Waals surface area contributed by atoms with Crippen molar-refractivity contribution in [3.8, 4) is 5.75 Å². The van der Waals surface area contributed by atoms with Gasteiger partial charge in [-0.05, 0) is 50.3 Å². The summed E-state index contributed by atoms with van der Waals surface area (Å²) in [5.41, 5.74) is 8.70. The fourth-order valence-corrected chi connectivity index (χ4v) is 2.94. The minimum absolute atomic E-state index is 0.0345. The van der Waals surface area contributed by atoms with Gasteiger partial charge in [0.25, 0.3) is 0 Å². The minimum atomic E-state index is 0.0345. The molecule has 1 aliphatic rings. The van der Waals surface area contributed by atoms with Gasteiger partial charge < -0.3 is 15.8 Å². The smallest absolute Gasteiger partial charge is 0.224 e. The Hall–Kier alpha value is -1.55. The number of ether oxygens (including phenoxy) is 1. The number of anilines is 1. The van der Waals surface area contributed by atoms with Crippen molar-refractivity contribution in [3.05, 3.63) is 23.3 Å². The first-order valence-corrected chi connectivity index (χ1v) is 7.15. The van der Waals surface area contributed by atoms with E-state index in [4.69, 9.17) is 10.5 Å². The van der Waals surface area contributed by atoms with E-state index in [1.54, 1.807) is 7.11 Å². The number of hydrogen-bond acceptors (Lipinski definition) is 3. The van der Waals surface area contributed by atoms with Crippen LogP contribution in [0.4, 0.5) is 5.69 Å². The number of aryl methyl sites for hydroxylation is 1. The van der Waals surface area contributed by atoms with Gasteiger partial charge in [0.2, 0.25) is 5.91 Å². The number of benzene rings is 1. The van der Waals surface area contributed by atoms with Gasteiger partial charge >= 0.3 is 0 Å². The molecule has 1 aliphatic carbocycles. The van der Waals surface area contributed by atoms with Gasteiger partial charge in [0.15, 0.2) is 0 Å². The van der Waals surface area contributed by atoms with Gasteiger partial charge in [0.1, 0.15) is 5.75 Å². The van der Waals surface area contributed by atoms with Gasteiger partial charge in [-0.15, -0.1) is 0 Å². The number of carbonyl (C=O) groups is 1.